The van der Waals surface area contributed by atoms with Crippen LogP contribution in [0.4, 0.5) is 0 Å². The van der Waals surface area contributed by atoms with Crippen LogP contribution in [0.3, 0.4) is 0 Å². The normalized spacial score (nSPS) is 26.1. The molecule has 3 heteroatoms. The maximum Gasteiger partial charge on any atom is 0.118 e. The van der Waals surface area contributed by atoms with Crippen LogP contribution in [0.1, 0.15) is 45.3 Å². The molecule has 1 saturated heterocycles. The summed E-state index contributed by atoms with van der Waals surface area (Å²) < 4.78 is 11.7. The van der Waals surface area contributed by atoms with Crippen LogP contribution in [-0.4, -0.2) is 25.3 Å². The molecular weight excluding hydrogens is 238 g/mol. The first-order chi connectivity index (χ1) is 9.14. The highest BCUT2D eigenvalue weighted by Crippen LogP contribution is 2.35. The van der Waals surface area contributed by atoms with Gasteiger partial charge in [0.15, 0.2) is 0 Å². The zero-order valence-electron chi connectivity index (χ0n) is 12.4. The Labute approximate surface area is 116 Å². The van der Waals surface area contributed by atoms with Gasteiger partial charge in [-0.05, 0) is 37.5 Å². The average molecular weight is 263 g/mol. The third-order valence-corrected chi connectivity index (χ3v) is 4.31. The molecule has 3 nitrogen and oxygen atoms in total. The van der Waals surface area contributed by atoms with Crippen LogP contribution in [-0.2, 0) is 4.74 Å². The van der Waals surface area contributed by atoms with Crippen molar-refractivity contribution in [2.24, 2.45) is 0 Å². The molecule has 0 amide bonds. The molecule has 2 atom stereocenters. The maximum absolute atomic E-state index is 6.44. The summed E-state index contributed by atoms with van der Waals surface area (Å²) in [5.74, 6) is 0.886. The lowest BCUT2D eigenvalue weighted by atomic mass is 9.91. The summed E-state index contributed by atoms with van der Waals surface area (Å²) in [6, 6.07) is 8.53. The van der Waals surface area contributed by atoms with Gasteiger partial charge in [-0.15, -0.1) is 0 Å². The Kier molecular flexibility index (Phi) is 4.48. The lowest BCUT2D eigenvalue weighted by Gasteiger charge is -2.44. The van der Waals surface area contributed by atoms with E-state index in [1.165, 1.54) is 5.56 Å². The molecule has 19 heavy (non-hydrogen) atoms. The molecule has 0 radical (unpaired) electrons. The molecule has 1 fully saturated rings. The fraction of sp³-hybridized carbons (Fsp3) is 0.625. The first-order valence-electron chi connectivity index (χ1n) is 7.19. The monoisotopic (exact) mass is 263 g/mol. The van der Waals surface area contributed by atoms with Gasteiger partial charge in [0.25, 0.3) is 0 Å². The van der Waals surface area contributed by atoms with E-state index < -0.39 is 0 Å². The fourth-order valence-corrected chi connectivity index (χ4v) is 2.68. The van der Waals surface area contributed by atoms with Crippen molar-refractivity contribution >= 4 is 0 Å². The number of nitrogens with one attached hydrogen (secondary N) is 1. The van der Waals surface area contributed by atoms with Crippen molar-refractivity contribution in [3.8, 4) is 5.75 Å². The van der Waals surface area contributed by atoms with Crippen LogP contribution in [0.5, 0.6) is 5.75 Å². The Hall–Kier alpha value is -1.06. The molecule has 0 aromatic heterocycles. The van der Waals surface area contributed by atoms with Gasteiger partial charge in [0.05, 0.1) is 18.8 Å². The van der Waals surface area contributed by atoms with Crippen molar-refractivity contribution in [2.45, 2.75) is 51.4 Å². The molecule has 1 aromatic rings. The quantitative estimate of drug-likeness (QED) is 0.904. The molecule has 106 valence electrons. The third kappa shape index (κ3) is 2.93. The largest absolute Gasteiger partial charge is 0.497 e. The number of rotatable bonds is 4. The van der Waals surface area contributed by atoms with Gasteiger partial charge in [0, 0.05) is 12.6 Å². The van der Waals surface area contributed by atoms with E-state index in [1.807, 2.05) is 12.1 Å². The van der Waals surface area contributed by atoms with Crippen molar-refractivity contribution in [3.63, 3.8) is 0 Å². The second kappa shape index (κ2) is 5.93. The Morgan fingerprint density at radius 3 is 2.42 bits per heavy atom. The van der Waals surface area contributed by atoms with Crippen molar-refractivity contribution in [2.75, 3.05) is 13.7 Å². The second-order valence-electron chi connectivity index (χ2n) is 5.37. The second-order valence-corrected chi connectivity index (χ2v) is 5.37. The highest BCUT2D eigenvalue weighted by molar-refractivity contribution is 5.29. The van der Waals surface area contributed by atoms with Gasteiger partial charge in [-0.3, -0.25) is 0 Å². The summed E-state index contributed by atoms with van der Waals surface area (Å²) in [6.45, 7) is 7.52. The molecule has 1 aromatic carbocycles. The maximum atomic E-state index is 6.44. The van der Waals surface area contributed by atoms with Crippen molar-refractivity contribution in [1.82, 2.24) is 5.32 Å². The summed E-state index contributed by atoms with van der Waals surface area (Å²) in [5.41, 5.74) is 1.18. The molecule has 1 heterocycles. The van der Waals surface area contributed by atoms with Gasteiger partial charge in [-0.25, -0.2) is 0 Å². The van der Waals surface area contributed by atoms with Gasteiger partial charge >= 0.3 is 0 Å². The van der Waals surface area contributed by atoms with Gasteiger partial charge < -0.3 is 14.8 Å². The lowest BCUT2D eigenvalue weighted by molar-refractivity contribution is -0.139. The zero-order valence-corrected chi connectivity index (χ0v) is 12.4. The SMILES string of the molecule is CCC1(CC)CNC(C)C(c2ccc(OC)cc2)O1. The van der Waals surface area contributed by atoms with Gasteiger partial charge in [0.2, 0.25) is 0 Å². The first kappa shape index (κ1) is 14.4. The van der Waals surface area contributed by atoms with Crippen LogP contribution >= 0.6 is 0 Å². The molecule has 0 saturated carbocycles. The van der Waals surface area contributed by atoms with E-state index in [4.69, 9.17) is 9.47 Å². The van der Waals surface area contributed by atoms with Gasteiger partial charge in [0.1, 0.15) is 5.75 Å². The molecule has 0 spiro atoms. The summed E-state index contributed by atoms with van der Waals surface area (Å²) in [7, 11) is 1.69. The fourth-order valence-electron chi connectivity index (χ4n) is 2.68. The van der Waals surface area contributed by atoms with E-state index in [0.29, 0.717) is 6.04 Å². The summed E-state index contributed by atoms with van der Waals surface area (Å²) in [5, 5.41) is 3.60. The van der Waals surface area contributed by atoms with Crippen LogP contribution < -0.4 is 10.1 Å². The van der Waals surface area contributed by atoms with E-state index >= 15 is 0 Å². The number of ether oxygens (including phenoxy) is 2. The topological polar surface area (TPSA) is 30.5 Å². The van der Waals surface area contributed by atoms with E-state index in [-0.39, 0.29) is 11.7 Å². The molecule has 2 rings (SSSR count). The summed E-state index contributed by atoms with van der Waals surface area (Å²) in [6.07, 6.45) is 2.19. The minimum atomic E-state index is -0.0307. The molecule has 0 bridgehead atoms. The standard InChI is InChI=1S/C16H25NO2/c1-5-16(6-2)11-17-12(3)15(19-16)13-7-9-14(18-4)10-8-13/h7-10,12,15,17H,5-6,11H2,1-4H3. The Morgan fingerprint density at radius 2 is 1.89 bits per heavy atom. The summed E-state index contributed by atoms with van der Waals surface area (Å²) in [4.78, 5) is 0. The zero-order chi connectivity index (χ0) is 13.9. The van der Waals surface area contributed by atoms with Crippen LogP contribution in [0.15, 0.2) is 24.3 Å². The van der Waals surface area contributed by atoms with Gasteiger partial charge in [-0.2, -0.15) is 0 Å². The van der Waals surface area contributed by atoms with Crippen molar-refractivity contribution in [3.05, 3.63) is 29.8 Å². The Balaban J connectivity index is 2.20. The van der Waals surface area contributed by atoms with Crippen LogP contribution in [0.25, 0.3) is 0 Å². The van der Waals surface area contributed by atoms with Gasteiger partial charge in [-0.1, -0.05) is 26.0 Å². The van der Waals surface area contributed by atoms with Crippen molar-refractivity contribution in [1.29, 1.82) is 0 Å². The predicted octanol–water partition coefficient (Wildman–Crippen LogP) is 3.30. The molecule has 1 aliphatic heterocycles. The molecule has 2 unspecified atom stereocenters. The van der Waals surface area contributed by atoms with E-state index in [0.717, 1.165) is 25.1 Å². The highest BCUT2D eigenvalue weighted by Gasteiger charge is 2.38. The smallest absolute Gasteiger partial charge is 0.118 e. The Bertz CT molecular complexity index is 398. The number of hydrogen-bond donors (Lipinski definition) is 1. The molecule has 1 aliphatic rings. The number of methoxy groups -OCH3 is 1. The molecule has 1 N–H and O–H groups in total. The number of hydrogen-bond acceptors (Lipinski definition) is 3. The summed E-state index contributed by atoms with van der Waals surface area (Å²) >= 11 is 0. The van der Waals surface area contributed by atoms with E-state index in [2.05, 4.69) is 38.2 Å². The lowest BCUT2D eigenvalue weighted by Crippen LogP contribution is -2.54. The van der Waals surface area contributed by atoms with E-state index in [1.54, 1.807) is 7.11 Å². The minimum absolute atomic E-state index is 0.0307. The predicted molar refractivity (Wildman–Crippen MR) is 77.6 cm³/mol. The van der Waals surface area contributed by atoms with Crippen LogP contribution in [0.2, 0.25) is 0 Å². The average Bonchev–Trinajstić information content (AvgIpc) is 2.48. The van der Waals surface area contributed by atoms with E-state index in [9.17, 15) is 0 Å². The third-order valence-electron chi connectivity index (χ3n) is 4.31. The Morgan fingerprint density at radius 1 is 1.26 bits per heavy atom. The van der Waals surface area contributed by atoms with Crippen LogP contribution in [0, 0.1) is 0 Å². The first-order valence-corrected chi connectivity index (χ1v) is 7.19. The minimum Gasteiger partial charge on any atom is -0.497 e. The highest BCUT2D eigenvalue weighted by atomic mass is 16.5. The molecule has 0 aliphatic carbocycles. The number of benzene rings is 1. The van der Waals surface area contributed by atoms with Crippen molar-refractivity contribution < 1.29 is 9.47 Å². The number of morpholine rings is 1. The molecular formula is C16H25NO2.